The maximum absolute atomic E-state index is 10.5. The molecule has 76 valence electrons. The summed E-state index contributed by atoms with van der Waals surface area (Å²) in [7, 11) is 0. The van der Waals surface area contributed by atoms with Crippen molar-refractivity contribution >= 4 is 5.97 Å². The lowest BCUT2D eigenvalue weighted by molar-refractivity contribution is -0.138. The van der Waals surface area contributed by atoms with Gasteiger partial charge in [-0.1, -0.05) is 13.0 Å². The summed E-state index contributed by atoms with van der Waals surface area (Å²) in [4.78, 5) is 12.5. The molecule has 0 aliphatic carbocycles. The van der Waals surface area contributed by atoms with E-state index >= 15 is 0 Å². The van der Waals surface area contributed by atoms with E-state index in [2.05, 4.69) is 13.5 Å². The third kappa shape index (κ3) is 5.42. The predicted octanol–water partition coefficient (Wildman–Crippen LogP) is 1.75. The second-order valence-corrected chi connectivity index (χ2v) is 3.20. The minimum Gasteiger partial charge on any atom is -0.480 e. The molecule has 0 amide bonds. The van der Waals surface area contributed by atoms with Crippen molar-refractivity contribution in [1.82, 2.24) is 4.90 Å². The van der Waals surface area contributed by atoms with Crippen molar-refractivity contribution in [3.05, 3.63) is 12.7 Å². The summed E-state index contributed by atoms with van der Waals surface area (Å²) in [6.07, 6.45) is 3.64. The van der Waals surface area contributed by atoms with Crippen molar-refractivity contribution < 1.29 is 9.90 Å². The Kier molecular flexibility index (Phi) is 6.24. The van der Waals surface area contributed by atoms with Crippen LogP contribution in [-0.4, -0.2) is 35.1 Å². The summed E-state index contributed by atoms with van der Waals surface area (Å²) < 4.78 is 0. The first kappa shape index (κ1) is 12.2. The first-order valence-corrected chi connectivity index (χ1v) is 4.68. The van der Waals surface area contributed by atoms with Gasteiger partial charge in [0.05, 0.1) is 6.54 Å². The molecule has 0 bridgehead atoms. The van der Waals surface area contributed by atoms with Gasteiger partial charge in [-0.25, -0.2) is 0 Å². The number of hydrogen-bond donors (Lipinski definition) is 1. The smallest absolute Gasteiger partial charge is 0.317 e. The van der Waals surface area contributed by atoms with E-state index in [1.165, 1.54) is 0 Å². The normalized spacial score (nSPS) is 12.8. The van der Waals surface area contributed by atoms with E-state index in [1.54, 1.807) is 0 Å². The molecule has 0 spiro atoms. The van der Waals surface area contributed by atoms with Crippen LogP contribution in [0.25, 0.3) is 0 Å². The molecule has 3 heteroatoms. The zero-order valence-corrected chi connectivity index (χ0v) is 8.49. The monoisotopic (exact) mass is 185 g/mol. The fourth-order valence-corrected chi connectivity index (χ4v) is 1.14. The highest BCUT2D eigenvalue weighted by Crippen LogP contribution is 2.04. The van der Waals surface area contributed by atoms with E-state index in [0.29, 0.717) is 6.04 Å². The molecule has 1 unspecified atom stereocenters. The molecule has 0 aliphatic rings. The van der Waals surface area contributed by atoms with Crippen molar-refractivity contribution in [2.75, 3.05) is 13.1 Å². The molecule has 0 aromatic rings. The molecule has 0 aromatic carbocycles. The quantitative estimate of drug-likeness (QED) is 0.614. The Bertz CT molecular complexity index is 168. The van der Waals surface area contributed by atoms with Gasteiger partial charge in [-0.2, -0.15) is 0 Å². The second kappa shape index (κ2) is 6.66. The van der Waals surface area contributed by atoms with Gasteiger partial charge >= 0.3 is 5.97 Å². The molecule has 0 saturated carbocycles. The second-order valence-electron chi connectivity index (χ2n) is 3.20. The molecule has 1 atom stereocenters. The van der Waals surface area contributed by atoms with Gasteiger partial charge in [0, 0.05) is 12.6 Å². The first-order chi connectivity index (χ1) is 6.11. The highest BCUT2D eigenvalue weighted by Gasteiger charge is 2.13. The van der Waals surface area contributed by atoms with Gasteiger partial charge in [-0.3, -0.25) is 9.69 Å². The summed E-state index contributed by atoms with van der Waals surface area (Å²) in [6, 6.07) is 0.330. The molecule has 3 nitrogen and oxygen atoms in total. The van der Waals surface area contributed by atoms with E-state index in [0.717, 1.165) is 19.4 Å². The van der Waals surface area contributed by atoms with Gasteiger partial charge in [0.25, 0.3) is 0 Å². The number of nitrogens with zero attached hydrogens (tertiary/aromatic N) is 1. The zero-order chi connectivity index (χ0) is 10.3. The van der Waals surface area contributed by atoms with Crippen LogP contribution in [0.2, 0.25) is 0 Å². The average molecular weight is 185 g/mol. The lowest BCUT2D eigenvalue weighted by atomic mass is 10.2. The van der Waals surface area contributed by atoms with Gasteiger partial charge in [0.2, 0.25) is 0 Å². The SMILES string of the molecule is C=CCCN(CC(=O)O)C(C)CC. The minimum absolute atomic E-state index is 0.128. The number of hydrogen-bond acceptors (Lipinski definition) is 2. The molecule has 0 aliphatic heterocycles. The van der Waals surface area contributed by atoms with Gasteiger partial charge in [0.1, 0.15) is 0 Å². The molecule has 0 radical (unpaired) electrons. The maximum Gasteiger partial charge on any atom is 0.317 e. The average Bonchev–Trinajstić information content (AvgIpc) is 2.10. The summed E-state index contributed by atoms with van der Waals surface area (Å²) in [5, 5.41) is 8.66. The molecule has 1 N–H and O–H groups in total. The van der Waals surface area contributed by atoms with Crippen molar-refractivity contribution in [3.8, 4) is 0 Å². The van der Waals surface area contributed by atoms with Gasteiger partial charge in [0.15, 0.2) is 0 Å². The molecular formula is C10H19NO2. The zero-order valence-electron chi connectivity index (χ0n) is 8.49. The van der Waals surface area contributed by atoms with E-state index in [-0.39, 0.29) is 6.54 Å². The van der Waals surface area contributed by atoms with Crippen LogP contribution in [0.1, 0.15) is 26.7 Å². The highest BCUT2D eigenvalue weighted by atomic mass is 16.4. The van der Waals surface area contributed by atoms with Crippen LogP contribution in [0.15, 0.2) is 12.7 Å². The van der Waals surface area contributed by atoms with Crippen LogP contribution in [-0.2, 0) is 4.79 Å². The number of carboxylic acids is 1. The summed E-state index contributed by atoms with van der Waals surface area (Å²) in [6.45, 7) is 8.64. The molecular weight excluding hydrogens is 166 g/mol. The van der Waals surface area contributed by atoms with E-state index in [9.17, 15) is 4.79 Å². The van der Waals surface area contributed by atoms with E-state index in [4.69, 9.17) is 5.11 Å². The Morgan fingerprint density at radius 3 is 2.69 bits per heavy atom. The predicted molar refractivity (Wildman–Crippen MR) is 53.8 cm³/mol. The molecule has 13 heavy (non-hydrogen) atoms. The van der Waals surface area contributed by atoms with Crippen LogP contribution in [0.5, 0.6) is 0 Å². The van der Waals surface area contributed by atoms with Gasteiger partial charge in [-0.05, 0) is 19.8 Å². The first-order valence-electron chi connectivity index (χ1n) is 4.68. The standard InChI is InChI=1S/C10H19NO2/c1-4-6-7-11(8-10(12)13)9(3)5-2/h4,9H,1,5-8H2,2-3H3,(H,12,13). The third-order valence-corrected chi connectivity index (χ3v) is 2.17. The maximum atomic E-state index is 10.5. The topological polar surface area (TPSA) is 40.5 Å². The van der Waals surface area contributed by atoms with Crippen molar-refractivity contribution in [2.45, 2.75) is 32.7 Å². The number of aliphatic carboxylic acids is 1. The number of carbonyl (C=O) groups is 1. The molecule has 0 aromatic heterocycles. The fourth-order valence-electron chi connectivity index (χ4n) is 1.14. The Morgan fingerprint density at radius 1 is 1.69 bits per heavy atom. The fraction of sp³-hybridized carbons (Fsp3) is 0.700. The van der Waals surface area contributed by atoms with E-state index < -0.39 is 5.97 Å². The molecule has 0 rings (SSSR count). The third-order valence-electron chi connectivity index (χ3n) is 2.17. The number of rotatable bonds is 7. The summed E-state index contributed by atoms with van der Waals surface area (Å²) in [5.74, 6) is -0.760. The van der Waals surface area contributed by atoms with Crippen LogP contribution >= 0.6 is 0 Å². The minimum atomic E-state index is -0.760. The Labute approximate surface area is 80.0 Å². The van der Waals surface area contributed by atoms with Crippen LogP contribution < -0.4 is 0 Å². The highest BCUT2D eigenvalue weighted by molar-refractivity contribution is 5.69. The van der Waals surface area contributed by atoms with Gasteiger partial charge < -0.3 is 5.11 Å². The lowest BCUT2D eigenvalue weighted by Crippen LogP contribution is -2.37. The van der Waals surface area contributed by atoms with Crippen LogP contribution in [0.3, 0.4) is 0 Å². The summed E-state index contributed by atoms with van der Waals surface area (Å²) in [5.41, 5.74) is 0. The Morgan fingerprint density at radius 2 is 2.31 bits per heavy atom. The van der Waals surface area contributed by atoms with Crippen molar-refractivity contribution in [1.29, 1.82) is 0 Å². The van der Waals surface area contributed by atoms with Crippen molar-refractivity contribution in [3.63, 3.8) is 0 Å². The van der Waals surface area contributed by atoms with Crippen molar-refractivity contribution in [2.24, 2.45) is 0 Å². The molecule has 0 heterocycles. The Hall–Kier alpha value is -0.830. The van der Waals surface area contributed by atoms with E-state index in [1.807, 2.05) is 17.9 Å². The van der Waals surface area contributed by atoms with Gasteiger partial charge in [-0.15, -0.1) is 6.58 Å². The molecule has 0 saturated heterocycles. The molecule has 0 fully saturated rings. The van der Waals surface area contributed by atoms with Crippen LogP contribution in [0.4, 0.5) is 0 Å². The number of carboxylic acid groups (broad SMARTS) is 1. The summed E-state index contributed by atoms with van der Waals surface area (Å²) >= 11 is 0. The Balaban J connectivity index is 4.01. The lowest BCUT2D eigenvalue weighted by Gasteiger charge is -2.25. The van der Waals surface area contributed by atoms with Crippen LogP contribution in [0, 0.1) is 0 Å². The largest absolute Gasteiger partial charge is 0.480 e.